The molecule has 2 N–H and O–H groups in total. The highest BCUT2D eigenvalue weighted by molar-refractivity contribution is 5.37. The van der Waals surface area contributed by atoms with E-state index in [1.54, 1.807) is 13.0 Å². The normalized spacial score (nSPS) is 28.5. The highest BCUT2D eigenvalue weighted by Crippen LogP contribution is 2.50. The second-order valence-electron chi connectivity index (χ2n) is 14.1. The van der Waals surface area contributed by atoms with Crippen molar-refractivity contribution in [2.24, 2.45) is 10.8 Å². The monoisotopic (exact) mass is 570 g/mol. The van der Waals surface area contributed by atoms with E-state index in [1.807, 2.05) is 39.0 Å². The Hall–Kier alpha value is -2.68. The molecule has 0 radical (unpaired) electrons. The average Bonchev–Trinajstić information content (AvgIpc) is 2.88. The first kappa shape index (κ1) is 35.5. The average molecular weight is 571 g/mol. The molecule has 0 heterocycles. The zero-order valence-electron chi connectivity index (χ0n) is 28.2. The number of aliphatic hydroxyl groups is 2. The van der Waals surface area contributed by atoms with Crippen LogP contribution in [0.4, 0.5) is 0 Å². The van der Waals surface area contributed by atoms with Gasteiger partial charge in [-0.3, -0.25) is 0 Å². The molecule has 2 aliphatic carbocycles. The lowest BCUT2D eigenvalue weighted by atomic mass is 9.58. The van der Waals surface area contributed by atoms with Gasteiger partial charge in [-0.05, 0) is 103 Å². The van der Waals surface area contributed by atoms with Crippen LogP contribution in [0.1, 0.15) is 108 Å². The molecule has 0 spiro atoms. The van der Waals surface area contributed by atoms with Gasteiger partial charge in [-0.15, -0.1) is 0 Å². The molecule has 0 bridgehead atoms. The van der Waals surface area contributed by atoms with E-state index in [4.69, 9.17) is 0 Å². The van der Waals surface area contributed by atoms with Crippen molar-refractivity contribution in [2.45, 2.75) is 119 Å². The molecular formula is C40H58O2. The van der Waals surface area contributed by atoms with Gasteiger partial charge < -0.3 is 10.2 Å². The van der Waals surface area contributed by atoms with Crippen molar-refractivity contribution >= 4 is 0 Å². The Morgan fingerprint density at radius 1 is 0.619 bits per heavy atom. The Bertz CT molecular complexity index is 1230. The first-order valence-electron chi connectivity index (χ1n) is 15.7. The SMILES string of the molecule is CC1=C(/C=C/C(C)=C/C=C/C(C)=C/C=C/C=C(C)/C=C/C=C(C)/C=C/C2(O)C(C)(C)CCCC2(C)O)C(C)(C)CCC1. The van der Waals surface area contributed by atoms with Crippen LogP contribution in [0.2, 0.25) is 0 Å². The van der Waals surface area contributed by atoms with Crippen LogP contribution in [0.5, 0.6) is 0 Å². The molecule has 1 fully saturated rings. The molecule has 42 heavy (non-hydrogen) atoms. The first-order valence-corrected chi connectivity index (χ1v) is 15.7. The standard InChI is InChI=1S/C40H58O2/c1-31(19-13-21-33(3)24-25-36-35(5)23-15-27-37(36,6)7)17-11-12-18-32(2)20-14-22-34(4)26-30-40(42)38(8,9)28-16-29-39(40,10)41/h11-14,17-22,24-26,30,41-42H,15-16,23,27-29H2,1-10H3/b12-11+,19-13+,20-14+,25-24+,30-26+,31-17+,32-18+,33-21+,34-22+. The molecule has 0 aromatic heterocycles. The summed E-state index contributed by atoms with van der Waals surface area (Å²) in [5, 5.41) is 22.3. The van der Waals surface area contributed by atoms with Gasteiger partial charge in [0, 0.05) is 0 Å². The number of allylic oxidation sites excluding steroid dienone is 19. The second-order valence-corrected chi connectivity index (χ2v) is 14.1. The van der Waals surface area contributed by atoms with Crippen LogP contribution in [0, 0.1) is 10.8 Å². The molecule has 2 aliphatic rings. The Kier molecular flexibility index (Phi) is 12.8. The summed E-state index contributed by atoms with van der Waals surface area (Å²) in [5.74, 6) is 0. The van der Waals surface area contributed by atoms with Crippen LogP contribution in [-0.2, 0) is 0 Å². The Balaban J connectivity index is 1.92. The summed E-state index contributed by atoms with van der Waals surface area (Å²) in [5.41, 5.74) is 5.15. The molecule has 0 amide bonds. The molecule has 2 heteroatoms. The van der Waals surface area contributed by atoms with E-state index in [2.05, 4.69) is 102 Å². The van der Waals surface area contributed by atoms with Gasteiger partial charge in [-0.1, -0.05) is 135 Å². The van der Waals surface area contributed by atoms with E-state index >= 15 is 0 Å². The molecule has 0 saturated heterocycles. The van der Waals surface area contributed by atoms with Crippen molar-refractivity contribution in [1.29, 1.82) is 0 Å². The summed E-state index contributed by atoms with van der Waals surface area (Å²) in [4.78, 5) is 0. The lowest BCUT2D eigenvalue weighted by Gasteiger charge is -2.53. The number of hydrogen-bond acceptors (Lipinski definition) is 2. The van der Waals surface area contributed by atoms with E-state index in [1.165, 1.54) is 41.6 Å². The maximum Gasteiger partial charge on any atom is 0.116 e. The highest BCUT2D eigenvalue weighted by Gasteiger charge is 2.56. The highest BCUT2D eigenvalue weighted by atomic mass is 16.4. The minimum absolute atomic E-state index is 0.274. The molecule has 230 valence electrons. The molecule has 0 aromatic rings. The van der Waals surface area contributed by atoms with Crippen LogP contribution in [0.3, 0.4) is 0 Å². The fourth-order valence-corrected chi connectivity index (χ4v) is 6.21. The second kappa shape index (κ2) is 15.2. The van der Waals surface area contributed by atoms with Gasteiger partial charge in [-0.2, -0.15) is 0 Å². The predicted molar refractivity (Wildman–Crippen MR) is 184 cm³/mol. The van der Waals surface area contributed by atoms with E-state index in [0.717, 1.165) is 24.0 Å². The van der Waals surface area contributed by atoms with E-state index < -0.39 is 11.2 Å². The van der Waals surface area contributed by atoms with Gasteiger partial charge in [-0.25, -0.2) is 0 Å². The molecule has 2 atom stereocenters. The molecule has 0 aliphatic heterocycles. The van der Waals surface area contributed by atoms with Crippen molar-refractivity contribution in [3.63, 3.8) is 0 Å². The molecule has 2 unspecified atom stereocenters. The minimum Gasteiger partial charge on any atom is -0.387 e. The Labute approximate surface area is 258 Å². The van der Waals surface area contributed by atoms with Gasteiger partial charge in [0.15, 0.2) is 0 Å². The number of rotatable bonds is 10. The summed E-state index contributed by atoms with van der Waals surface area (Å²) in [6, 6.07) is 0. The van der Waals surface area contributed by atoms with Crippen molar-refractivity contribution in [1.82, 2.24) is 0 Å². The maximum atomic E-state index is 11.4. The minimum atomic E-state index is -1.26. The molecule has 1 saturated carbocycles. The smallest absolute Gasteiger partial charge is 0.116 e. The third kappa shape index (κ3) is 9.96. The van der Waals surface area contributed by atoms with Gasteiger partial charge in [0.1, 0.15) is 5.60 Å². The fourth-order valence-electron chi connectivity index (χ4n) is 6.21. The molecule has 0 aromatic carbocycles. The summed E-state index contributed by atoms with van der Waals surface area (Å²) in [6.45, 7) is 21.2. The van der Waals surface area contributed by atoms with Crippen LogP contribution >= 0.6 is 0 Å². The van der Waals surface area contributed by atoms with E-state index in [0.29, 0.717) is 6.42 Å². The fraction of sp³-hybridized carbons (Fsp3) is 0.500. The van der Waals surface area contributed by atoms with Crippen LogP contribution in [0.15, 0.2) is 119 Å². The molecule has 2 nitrogen and oxygen atoms in total. The summed E-state index contributed by atoms with van der Waals surface area (Å²) >= 11 is 0. The van der Waals surface area contributed by atoms with Gasteiger partial charge in [0.05, 0.1) is 5.60 Å². The third-order valence-corrected chi connectivity index (χ3v) is 9.23. The van der Waals surface area contributed by atoms with Crippen LogP contribution < -0.4 is 0 Å². The summed E-state index contributed by atoms with van der Waals surface area (Å²) in [6.07, 6.45) is 35.4. The third-order valence-electron chi connectivity index (χ3n) is 9.23. The van der Waals surface area contributed by atoms with Crippen LogP contribution in [-0.4, -0.2) is 21.4 Å². The zero-order valence-corrected chi connectivity index (χ0v) is 28.2. The topological polar surface area (TPSA) is 40.5 Å². The van der Waals surface area contributed by atoms with E-state index in [-0.39, 0.29) is 10.8 Å². The van der Waals surface area contributed by atoms with Gasteiger partial charge in [0.25, 0.3) is 0 Å². The summed E-state index contributed by atoms with van der Waals surface area (Å²) in [7, 11) is 0. The van der Waals surface area contributed by atoms with Crippen LogP contribution in [0.25, 0.3) is 0 Å². The molecular weight excluding hydrogens is 512 g/mol. The Morgan fingerprint density at radius 2 is 1.12 bits per heavy atom. The van der Waals surface area contributed by atoms with Crippen molar-refractivity contribution in [3.05, 3.63) is 119 Å². The summed E-state index contributed by atoms with van der Waals surface area (Å²) < 4.78 is 0. The largest absolute Gasteiger partial charge is 0.387 e. The quantitative estimate of drug-likeness (QED) is 0.256. The lowest BCUT2D eigenvalue weighted by molar-refractivity contribution is -0.194. The van der Waals surface area contributed by atoms with Crippen molar-refractivity contribution < 1.29 is 10.2 Å². The molecule has 2 rings (SSSR count). The Morgan fingerprint density at radius 3 is 1.64 bits per heavy atom. The predicted octanol–water partition coefficient (Wildman–Crippen LogP) is 10.8. The lowest BCUT2D eigenvalue weighted by Crippen LogP contribution is -2.62. The maximum absolute atomic E-state index is 11.4. The van der Waals surface area contributed by atoms with Crippen molar-refractivity contribution in [3.8, 4) is 0 Å². The first-order chi connectivity index (χ1) is 19.5. The van der Waals surface area contributed by atoms with Gasteiger partial charge >= 0.3 is 0 Å². The number of hydrogen-bond donors (Lipinski definition) is 2. The van der Waals surface area contributed by atoms with E-state index in [9.17, 15) is 10.2 Å². The zero-order chi connectivity index (χ0) is 31.6. The van der Waals surface area contributed by atoms with Crippen molar-refractivity contribution in [2.75, 3.05) is 0 Å². The van der Waals surface area contributed by atoms with Gasteiger partial charge in [0.2, 0.25) is 0 Å².